The minimum Gasteiger partial charge on any atom is -0.333 e. The van der Waals surface area contributed by atoms with Gasteiger partial charge in [0.05, 0.1) is 6.04 Å². The van der Waals surface area contributed by atoms with Crippen LogP contribution in [0.1, 0.15) is 24.4 Å². The van der Waals surface area contributed by atoms with Crippen LogP contribution >= 0.6 is 0 Å². The van der Waals surface area contributed by atoms with Crippen LogP contribution in [0, 0.1) is 11.6 Å². The molecule has 0 aliphatic rings. The molecule has 1 unspecified atom stereocenters. The lowest BCUT2D eigenvalue weighted by atomic mass is 10.1. The van der Waals surface area contributed by atoms with Crippen LogP contribution in [0.2, 0.25) is 0 Å². The van der Waals surface area contributed by atoms with Gasteiger partial charge in [0.2, 0.25) is 0 Å². The quantitative estimate of drug-likeness (QED) is 0.907. The fraction of sp³-hybridized carbons (Fsp3) is 0.308. The largest absolute Gasteiger partial charge is 0.333 e. The van der Waals surface area contributed by atoms with Gasteiger partial charge in [-0.05, 0) is 6.07 Å². The third-order valence-corrected chi connectivity index (χ3v) is 2.89. The van der Waals surface area contributed by atoms with Gasteiger partial charge in [0.25, 0.3) is 0 Å². The molecule has 1 atom stereocenters. The van der Waals surface area contributed by atoms with E-state index in [1.54, 1.807) is 12.4 Å². The molecule has 0 saturated heterocycles. The number of hydrogen-bond acceptors (Lipinski definition) is 2. The van der Waals surface area contributed by atoms with Crippen LogP contribution in [0.5, 0.6) is 0 Å². The lowest BCUT2D eigenvalue weighted by Crippen LogP contribution is -2.20. The van der Waals surface area contributed by atoms with Crippen LogP contribution in [0.15, 0.2) is 30.6 Å². The first-order valence-corrected chi connectivity index (χ1v) is 5.83. The van der Waals surface area contributed by atoms with Gasteiger partial charge in [-0.3, -0.25) is 0 Å². The first kappa shape index (κ1) is 12.7. The van der Waals surface area contributed by atoms with Crippen molar-refractivity contribution >= 4 is 0 Å². The predicted molar refractivity (Wildman–Crippen MR) is 64.9 cm³/mol. The molecule has 0 spiro atoms. The van der Waals surface area contributed by atoms with Crippen molar-refractivity contribution in [1.82, 2.24) is 9.55 Å². The second-order valence-corrected chi connectivity index (χ2v) is 4.10. The molecular formula is C13H15F2N3. The molecule has 0 aliphatic heterocycles. The molecule has 1 heterocycles. The van der Waals surface area contributed by atoms with Crippen LogP contribution in [0.3, 0.4) is 0 Å². The molecule has 1 aromatic heterocycles. The first-order chi connectivity index (χ1) is 8.63. The highest BCUT2D eigenvalue weighted by Gasteiger charge is 2.15. The van der Waals surface area contributed by atoms with E-state index in [-0.39, 0.29) is 5.56 Å². The summed E-state index contributed by atoms with van der Waals surface area (Å²) in [6.45, 7) is 2.36. The number of nitrogens with two attached hydrogens (primary N) is 1. The van der Waals surface area contributed by atoms with E-state index in [1.807, 2.05) is 11.5 Å². The Hall–Kier alpha value is -1.75. The van der Waals surface area contributed by atoms with Crippen molar-refractivity contribution in [3.8, 4) is 0 Å². The maximum absolute atomic E-state index is 13.6. The summed E-state index contributed by atoms with van der Waals surface area (Å²) in [6.07, 6.45) is 4.23. The van der Waals surface area contributed by atoms with Gasteiger partial charge >= 0.3 is 0 Å². The molecular weight excluding hydrogens is 236 g/mol. The van der Waals surface area contributed by atoms with Gasteiger partial charge in [0, 0.05) is 30.9 Å². The van der Waals surface area contributed by atoms with E-state index in [4.69, 9.17) is 5.73 Å². The fourth-order valence-corrected chi connectivity index (χ4v) is 1.94. The highest BCUT2D eigenvalue weighted by Crippen LogP contribution is 2.19. The Balaban J connectivity index is 2.22. The van der Waals surface area contributed by atoms with E-state index < -0.39 is 17.7 Å². The zero-order chi connectivity index (χ0) is 13.1. The Labute approximate surface area is 104 Å². The second kappa shape index (κ2) is 5.27. The van der Waals surface area contributed by atoms with Gasteiger partial charge < -0.3 is 10.3 Å². The number of rotatable bonds is 4. The second-order valence-electron chi connectivity index (χ2n) is 4.10. The van der Waals surface area contributed by atoms with Gasteiger partial charge in [-0.2, -0.15) is 0 Å². The van der Waals surface area contributed by atoms with Gasteiger partial charge in [-0.1, -0.05) is 19.1 Å². The van der Waals surface area contributed by atoms with Crippen LogP contribution in [0.25, 0.3) is 0 Å². The summed E-state index contributed by atoms with van der Waals surface area (Å²) in [7, 11) is 0. The van der Waals surface area contributed by atoms with Crippen LogP contribution in [-0.4, -0.2) is 9.55 Å². The molecule has 1 aromatic carbocycles. The number of aryl methyl sites for hydroxylation is 1. The Morgan fingerprint density at radius 3 is 2.89 bits per heavy atom. The van der Waals surface area contributed by atoms with Crippen LogP contribution < -0.4 is 5.73 Å². The number of halogens is 2. The van der Waals surface area contributed by atoms with Gasteiger partial charge in [0.15, 0.2) is 11.6 Å². The molecule has 0 fully saturated rings. The van der Waals surface area contributed by atoms with E-state index >= 15 is 0 Å². The van der Waals surface area contributed by atoms with E-state index in [0.29, 0.717) is 6.54 Å². The molecule has 96 valence electrons. The van der Waals surface area contributed by atoms with Crippen molar-refractivity contribution < 1.29 is 8.78 Å². The first-order valence-electron chi connectivity index (χ1n) is 5.83. The van der Waals surface area contributed by atoms with Crippen molar-refractivity contribution in [3.63, 3.8) is 0 Å². The normalized spacial score (nSPS) is 12.7. The average Bonchev–Trinajstić information content (AvgIpc) is 2.79. The highest BCUT2D eigenvalue weighted by atomic mass is 19.2. The average molecular weight is 251 g/mol. The molecule has 0 amide bonds. The van der Waals surface area contributed by atoms with E-state index in [2.05, 4.69) is 4.98 Å². The standard InChI is InChI=1S/C13H15F2N3/c1-2-12-17-6-7-18(12)8-11(16)9-4-3-5-10(14)13(9)15/h3-7,11H,2,8,16H2,1H3. The summed E-state index contributed by atoms with van der Waals surface area (Å²) in [6, 6.07) is 3.45. The minimum absolute atomic E-state index is 0.186. The van der Waals surface area contributed by atoms with Crippen molar-refractivity contribution in [2.45, 2.75) is 25.9 Å². The Bertz CT molecular complexity index is 537. The summed E-state index contributed by atoms with van der Waals surface area (Å²) in [5, 5.41) is 0. The highest BCUT2D eigenvalue weighted by molar-refractivity contribution is 5.22. The number of nitrogens with zero attached hydrogens (tertiary/aromatic N) is 2. The maximum atomic E-state index is 13.6. The van der Waals surface area contributed by atoms with Gasteiger partial charge in [0.1, 0.15) is 5.82 Å². The molecule has 0 radical (unpaired) electrons. The third-order valence-electron chi connectivity index (χ3n) is 2.89. The molecule has 0 aliphatic carbocycles. The van der Waals surface area contributed by atoms with Crippen LogP contribution in [-0.2, 0) is 13.0 Å². The summed E-state index contributed by atoms with van der Waals surface area (Å²) < 4.78 is 28.6. The predicted octanol–water partition coefficient (Wildman–Crippen LogP) is 2.42. The molecule has 18 heavy (non-hydrogen) atoms. The van der Waals surface area contributed by atoms with Crippen molar-refractivity contribution in [2.75, 3.05) is 0 Å². The minimum atomic E-state index is -0.872. The summed E-state index contributed by atoms with van der Waals surface area (Å²) in [5.74, 6) is -0.866. The molecule has 0 saturated carbocycles. The monoisotopic (exact) mass is 251 g/mol. The van der Waals surface area contributed by atoms with Crippen molar-refractivity contribution in [2.24, 2.45) is 5.73 Å². The summed E-state index contributed by atoms with van der Waals surface area (Å²) in [4.78, 5) is 4.16. The molecule has 2 rings (SSSR count). The summed E-state index contributed by atoms with van der Waals surface area (Å²) >= 11 is 0. The number of hydrogen-bond donors (Lipinski definition) is 1. The summed E-state index contributed by atoms with van der Waals surface area (Å²) in [5.41, 5.74) is 6.11. The Morgan fingerprint density at radius 1 is 1.39 bits per heavy atom. The van der Waals surface area contributed by atoms with E-state index in [0.717, 1.165) is 18.3 Å². The molecule has 0 bridgehead atoms. The SMILES string of the molecule is CCc1nccn1CC(N)c1cccc(F)c1F. The van der Waals surface area contributed by atoms with E-state index in [9.17, 15) is 8.78 Å². The topological polar surface area (TPSA) is 43.8 Å². The number of imidazole rings is 1. The molecule has 2 aromatic rings. The lowest BCUT2D eigenvalue weighted by Gasteiger charge is -2.15. The van der Waals surface area contributed by atoms with Crippen molar-refractivity contribution in [3.05, 3.63) is 53.6 Å². The number of aromatic nitrogens is 2. The number of benzene rings is 1. The van der Waals surface area contributed by atoms with Gasteiger partial charge in [-0.15, -0.1) is 0 Å². The van der Waals surface area contributed by atoms with E-state index in [1.165, 1.54) is 12.1 Å². The zero-order valence-corrected chi connectivity index (χ0v) is 10.1. The Morgan fingerprint density at radius 2 is 2.17 bits per heavy atom. The smallest absolute Gasteiger partial charge is 0.163 e. The van der Waals surface area contributed by atoms with Crippen LogP contribution in [0.4, 0.5) is 8.78 Å². The molecule has 2 N–H and O–H groups in total. The molecule has 3 nitrogen and oxygen atoms in total. The maximum Gasteiger partial charge on any atom is 0.163 e. The van der Waals surface area contributed by atoms with Crippen molar-refractivity contribution in [1.29, 1.82) is 0 Å². The fourth-order valence-electron chi connectivity index (χ4n) is 1.94. The van der Waals surface area contributed by atoms with Gasteiger partial charge in [-0.25, -0.2) is 13.8 Å². The zero-order valence-electron chi connectivity index (χ0n) is 10.1. The lowest BCUT2D eigenvalue weighted by molar-refractivity contribution is 0.472. The Kier molecular flexibility index (Phi) is 3.72. The molecule has 5 heteroatoms. The third kappa shape index (κ3) is 2.41.